The summed E-state index contributed by atoms with van der Waals surface area (Å²) in [6.07, 6.45) is 2.51. The van der Waals surface area contributed by atoms with Crippen molar-refractivity contribution in [3.05, 3.63) is 65.2 Å². The molecular formula is C22H26N4OS. The molecule has 0 unspecified atom stereocenters. The number of thioether (sulfide) groups is 1. The lowest BCUT2D eigenvalue weighted by atomic mass is 10.1. The van der Waals surface area contributed by atoms with Gasteiger partial charge in [0.25, 0.3) is 0 Å². The number of benzene rings is 2. The molecule has 1 atom stereocenters. The van der Waals surface area contributed by atoms with E-state index in [2.05, 4.69) is 34.2 Å². The zero-order chi connectivity index (χ0) is 20.1. The maximum atomic E-state index is 12.8. The fourth-order valence-corrected chi connectivity index (χ4v) is 3.98. The highest BCUT2D eigenvalue weighted by Crippen LogP contribution is 2.31. The van der Waals surface area contributed by atoms with Crippen molar-refractivity contribution in [3.8, 4) is 0 Å². The van der Waals surface area contributed by atoms with Crippen LogP contribution in [0.1, 0.15) is 30.0 Å². The monoisotopic (exact) mass is 394 g/mol. The van der Waals surface area contributed by atoms with Crippen molar-refractivity contribution in [2.75, 3.05) is 19.0 Å². The molecule has 1 aliphatic heterocycles. The van der Waals surface area contributed by atoms with E-state index < -0.39 is 0 Å². The molecule has 0 saturated carbocycles. The first-order valence-corrected chi connectivity index (χ1v) is 10.3. The molecule has 0 radical (unpaired) electrons. The highest BCUT2D eigenvalue weighted by Gasteiger charge is 2.37. The molecule has 1 aliphatic rings. The SMILES string of the molecule is CC[C@@H]1S/C(=N/N=C\c2ccc(N(C)C)cc2)N(Cc2ccccc2C)C1=O. The second kappa shape index (κ2) is 9.06. The van der Waals surface area contributed by atoms with Gasteiger partial charge in [0.15, 0.2) is 5.17 Å². The number of carbonyl (C=O) groups is 1. The molecule has 1 fully saturated rings. The van der Waals surface area contributed by atoms with E-state index in [4.69, 9.17) is 0 Å². The van der Waals surface area contributed by atoms with Crippen molar-refractivity contribution >= 4 is 34.7 Å². The lowest BCUT2D eigenvalue weighted by Gasteiger charge is -2.17. The van der Waals surface area contributed by atoms with E-state index in [0.717, 1.165) is 23.2 Å². The molecule has 0 bridgehead atoms. The number of hydrogen-bond donors (Lipinski definition) is 0. The number of anilines is 1. The van der Waals surface area contributed by atoms with Crippen LogP contribution in [0, 0.1) is 6.92 Å². The van der Waals surface area contributed by atoms with E-state index in [1.807, 2.05) is 57.4 Å². The normalized spacial score (nSPS) is 18.4. The molecule has 6 heteroatoms. The van der Waals surface area contributed by atoms with Crippen LogP contribution in [-0.4, -0.2) is 41.5 Å². The van der Waals surface area contributed by atoms with Crippen LogP contribution in [0.15, 0.2) is 58.7 Å². The Hall–Kier alpha value is -2.60. The quantitative estimate of drug-likeness (QED) is 0.542. The number of hydrogen-bond acceptors (Lipinski definition) is 5. The van der Waals surface area contributed by atoms with Crippen LogP contribution < -0.4 is 4.90 Å². The van der Waals surface area contributed by atoms with Gasteiger partial charge in [-0.25, -0.2) is 0 Å². The molecule has 2 aromatic carbocycles. The van der Waals surface area contributed by atoms with Gasteiger partial charge in [-0.05, 0) is 42.2 Å². The van der Waals surface area contributed by atoms with Crippen molar-refractivity contribution in [1.29, 1.82) is 0 Å². The second-order valence-electron chi connectivity index (χ2n) is 6.98. The summed E-state index contributed by atoms with van der Waals surface area (Å²) in [5.41, 5.74) is 4.41. The second-order valence-corrected chi connectivity index (χ2v) is 8.15. The van der Waals surface area contributed by atoms with Crippen LogP contribution >= 0.6 is 11.8 Å². The minimum absolute atomic E-state index is 0.0858. The van der Waals surface area contributed by atoms with Gasteiger partial charge in [0.2, 0.25) is 5.91 Å². The first-order valence-electron chi connectivity index (χ1n) is 9.40. The fraction of sp³-hybridized carbons (Fsp3) is 0.318. The molecule has 1 saturated heterocycles. The summed E-state index contributed by atoms with van der Waals surface area (Å²) < 4.78 is 0. The molecule has 1 amide bonds. The van der Waals surface area contributed by atoms with Crippen molar-refractivity contribution in [2.45, 2.75) is 32.1 Å². The average molecular weight is 395 g/mol. The minimum Gasteiger partial charge on any atom is -0.378 e. The summed E-state index contributed by atoms with van der Waals surface area (Å²) in [7, 11) is 4.02. The van der Waals surface area contributed by atoms with Gasteiger partial charge in [-0.15, -0.1) is 5.10 Å². The minimum atomic E-state index is -0.0858. The Morgan fingerprint density at radius 1 is 1.14 bits per heavy atom. The van der Waals surface area contributed by atoms with Crippen LogP contribution in [0.5, 0.6) is 0 Å². The highest BCUT2D eigenvalue weighted by molar-refractivity contribution is 8.15. The maximum absolute atomic E-state index is 12.8. The molecule has 2 aromatic rings. The molecular weight excluding hydrogens is 368 g/mol. The predicted octanol–water partition coefficient (Wildman–Crippen LogP) is 4.31. The van der Waals surface area contributed by atoms with Gasteiger partial charge in [0, 0.05) is 19.8 Å². The largest absolute Gasteiger partial charge is 0.378 e. The van der Waals surface area contributed by atoms with E-state index in [0.29, 0.717) is 11.7 Å². The highest BCUT2D eigenvalue weighted by atomic mass is 32.2. The van der Waals surface area contributed by atoms with Crippen LogP contribution in [0.2, 0.25) is 0 Å². The third-order valence-electron chi connectivity index (χ3n) is 4.74. The van der Waals surface area contributed by atoms with Gasteiger partial charge in [0.05, 0.1) is 18.0 Å². The third kappa shape index (κ3) is 4.62. The lowest BCUT2D eigenvalue weighted by molar-refractivity contribution is -0.126. The maximum Gasteiger partial charge on any atom is 0.242 e. The number of aryl methyl sites for hydroxylation is 1. The average Bonchev–Trinajstić information content (AvgIpc) is 2.99. The Morgan fingerprint density at radius 2 is 1.86 bits per heavy atom. The van der Waals surface area contributed by atoms with E-state index >= 15 is 0 Å². The van der Waals surface area contributed by atoms with Gasteiger partial charge in [-0.3, -0.25) is 9.69 Å². The molecule has 0 aromatic heterocycles. The van der Waals surface area contributed by atoms with Crippen molar-refractivity contribution < 1.29 is 4.79 Å². The first-order chi connectivity index (χ1) is 13.5. The molecule has 146 valence electrons. The lowest BCUT2D eigenvalue weighted by Crippen LogP contribution is -2.31. The number of rotatable bonds is 6. The number of amides is 1. The zero-order valence-electron chi connectivity index (χ0n) is 16.8. The van der Waals surface area contributed by atoms with Crippen LogP contribution in [0.25, 0.3) is 0 Å². The Morgan fingerprint density at radius 3 is 2.50 bits per heavy atom. The van der Waals surface area contributed by atoms with Crippen LogP contribution in [0.4, 0.5) is 5.69 Å². The van der Waals surface area contributed by atoms with Gasteiger partial charge >= 0.3 is 0 Å². The van der Waals surface area contributed by atoms with Gasteiger partial charge in [-0.2, -0.15) is 5.10 Å². The summed E-state index contributed by atoms with van der Waals surface area (Å²) in [4.78, 5) is 16.6. The molecule has 0 N–H and O–H groups in total. The summed E-state index contributed by atoms with van der Waals surface area (Å²) in [6.45, 7) is 4.62. The fourth-order valence-electron chi connectivity index (χ4n) is 2.95. The molecule has 28 heavy (non-hydrogen) atoms. The smallest absolute Gasteiger partial charge is 0.242 e. The predicted molar refractivity (Wildman–Crippen MR) is 119 cm³/mol. The van der Waals surface area contributed by atoms with Crippen molar-refractivity contribution in [2.24, 2.45) is 10.2 Å². The molecule has 0 aliphatic carbocycles. The summed E-state index contributed by atoms with van der Waals surface area (Å²) in [6, 6.07) is 16.2. The van der Waals surface area contributed by atoms with Gasteiger partial charge in [0.1, 0.15) is 0 Å². The Bertz CT molecular complexity index is 890. The molecule has 0 spiro atoms. The van der Waals surface area contributed by atoms with Gasteiger partial charge in [-0.1, -0.05) is 55.1 Å². The van der Waals surface area contributed by atoms with E-state index in [-0.39, 0.29) is 11.2 Å². The van der Waals surface area contributed by atoms with E-state index in [9.17, 15) is 4.79 Å². The molecule has 3 rings (SSSR count). The molecule has 1 heterocycles. The van der Waals surface area contributed by atoms with E-state index in [1.54, 1.807) is 11.1 Å². The van der Waals surface area contributed by atoms with Gasteiger partial charge < -0.3 is 4.90 Å². The standard InChI is InChI=1S/C22H26N4OS/c1-5-20-21(27)26(15-18-9-7-6-8-16(18)2)22(28-20)24-23-14-17-10-12-19(13-11-17)25(3)4/h6-14,20H,5,15H2,1-4H3/b23-14-,24-22+/t20-/m0/s1. The Kier molecular flexibility index (Phi) is 6.52. The Balaban J connectivity index is 1.78. The Labute approximate surface area is 171 Å². The molecule has 5 nitrogen and oxygen atoms in total. The summed E-state index contributed by atoms with van der Waals surface area (Å²) in [5.74, 6) is 0.111. The third-order valence-corrected chi connectivity index (χ3v) is 6.07. The zero-order valence-corrected chi connectivity index (χ0v) is 17.6. The number of nitrogens with zero attached hydrogens (tertiary/aromatic N) is 4. The summed E-state index contributed by atoms with van der Waals surface area (Å²) >= 11 is 1.50. The van der Waals surface area contributed by atoms with Crippen molar-refractivity contribution in [1.82, 2.24) is 4.90 Å². The van der Waals surface area contributed by atoms with Crippen molar-refractivity contribution in [3.63, 3.8) is 0 Å². The number of amidine groups is 1. The first kappa shape index (κ1) is 20.1. The van der Waals surface area contributed by atoms with Crippen LogP contribution in [0.3, 0.4) is 0 Å². The number of carbonyl (C=O) groups excluding carboxylic acids is 1. The van der Waals surface area contributed by atoms with Crippen LogP contribution in [-0.2, 0) is 11.3 Å². The van der Waals surface area contributed by atoms with E-state index in [1.165, 1.54) is 17.3 Å². The topological polar surface area (TPSA) is 48.3 Å². The summed E-state index contributed by atoms with van der Waals surface area (Å²) in [5, 5.41) is 9.21.